The zero-order valence-electron chi connectivity index (χ0n) is 21.3. The van der Waals surface area contributed by atoms with E-state index in [4.69, 9.17) is 10.00 Å². The van der Waals surface area contributed by atoms with Crippen LogP contribution in [-0.4, -0.2) is 31.3 Å². The Morgan fingerprint density at radius 3 is 2.34 bits per heavy atom. The molecule has 0 unspecified atom stereocenters. The number of hydrogen-bond acceptors (Lipinski definition) is 7. The fraction of sp³-hybridized carbons (Fsp3) is 0.310. The van der Waals surface area contributed by atoms with Crippen LogP contribution in [0, 0.1) is 11.3 Å². The van der Waals surface area contributed by atoms with Crippen LogP contribution in [0.15, 0.2) is 81.9 Å². The number of hydrogen-bond donors (Lipinski definition) is 0. The number of aromatic nitrogens is 1. The molecule has 0 aliphatic heterocycles. The van der Waals surface area contributed by atoms with Gasteiger partial charge in [0, 0.05) is 28.4 Å². The maximum atomic E-state index is 12.0. The highest BCUT2D eigenvalue weighted by molar-refractivity contribution is 7.91. The van der Waals surface area contributed by atoms with E-state index in [1.807, 2.05) is 24.3 Å². The lowest BCUT2D eigenvalue weighted by atomic mass is 10.1. The molecule has 0 aliphatic carbocycles. The quantitative estimate of drug-likeness (QED) is 0.111. The average molecular weight is 531 g/mol. The Kier molecular flexibility index (Phi) is 8.87. The molecule has 196 valence electrons. The second kappa shape index (κ2) is 12.5. The highest BCUT2D eigenvalue weighted by atomic mass is 32.2. The van der Waals surface area contributed by atoms with Crippen LogP contribution in [0.5, 0.6) is 0 Å². The van der Waals surface area contributed by atoms with Gasteiger partial charge in [0.2, 0.25) is 0 Å². The minimum atomic E-state index is -3.25. The summed E-state index contributed by atoms with van der Waals surface area (Å²) in [6, 6.07) is 22.6. The van der Waals surface area contributed by atoms with Gasteiger partial charge in [0.05, 0.1) is 34.7 Å². The fourth-order valence-electron chi connectivity index (χ4n) is 4.37. The van der Waals surface area contributed by atoms with Gasteiger partial charge in [-0.1, -0.05) is 31.5 Å². The summed E-state index contributed by atoms with van der Waals surface area (Å²) in [5, 5.41) is 19.4. The van der Waals surface area contributed by atoms with Crippen LogP contribution in [0.25, 0.3) is 21.8 Å². The standard InChI is InChI=1S/C29H30N4O4S/c1-2-38(35,36)24-14-11-22(12-15-24)31-32-23-13-16-28-26(21-23)25-9-5-6-10-27(25)33(28)19-7-3-4-8-20-37-29(34)17-18-30/h5-6,9-16,21H,2-4,7-8,17,19-20H2,1H3. The van der Waals surface area contributed by atoms with Crippen molar-refractivity contribution in [2.75, 3.05) is 12.4 Å². The Balaban J connectivity index is 1.44. The molecule has 0 aliphatic rings. The number of fused-ring (bicyclic) bond motifs is 3. The van der Waals surface area contributed by atoms with Gasteiger partial charge in [-0.05, 0) is 67.8 Å². The van der Waals surface area contributed by atoms with Gasteiger partial charge in [0.15, 0.2) is 9.84 Å². The molecule has 0 radical (unpaired) electrons. The minimum Gasteiger partial charge on any atom is -0.465 e. The molecule has 38 heavy (non-hydrogen) atoms. The van der Waals surface area contributed by atoms with Crippen molar-refractivity contribution in [3.8, 4) is 6.07 Å². The fourth-order valence-corrected chi connectivity index (χ4v) is 5.26. The van der Waals surface area contributed by atoms with Crippen molar-refractivity contribution in [1.82, 2.24) is 4.57 Å². The molecule has 0 N–H and O–H groups in total. The maximum absolute atomic E-state index is 12.0. The van der Waals surface area contributed by atoms with Gasteiger partial charge in [-0.15, -0.1) is 0 Å². The Morgan fingerprint density at radius 1 is 0.895 bits per heavy atom. The maximum Gasteiger partial charge on any atom is 0.320 e. The second-order valence-electron chi connectivity index (χ2n) is 8.94. The number of unbranched alkanes of at least 4 members (excludes halogenated alkanes) is 3. The highest BCUT2D eigenvalue weighted by Gasteiger charge is 2.12. The van der Waals surface area contributed by atoms with Crippen LogP contribution >= 0.6 is 0 Å². The first-order valence-corrected chi connectivity index (χ1v) is 14.4. The summed E-state index contributed by atoms with van der Waals surface area (Å²) in [5.74, 6) is -0.403. The zero-order chi connectivity index (χ0) is 27.0. The third kappa shape index (κ3) is 6.45. The number of benzene rings is 3. The van der Waals surface area contributed by atoms with Gasteiger partial charge < -0.3 is 9.30 Å². The number of sulfone groups is 1. The molecule has 4 rings (SSSR count). The van der Waals surface area contributed by atoms with Crippen molar-refractivity contribution >= 4 is 49.0 Å². The summed E-state index contributed by atoms with van der Waals surface area (Å²) in [7, 11) is -3.25. The summed E-state index contributed by atoms with van der Waals surface area (Å²) in [5.41, 5.74) is 3.60. The van der Waals surface area contributed by atoms with Crippen molar-refractivity contribution in [3.63, 3.8) is 0 Å². The van der Waals surface area contributed by atoms with Crippen molar-refractivity contribution in [3.05, 3.63) is 66.7 Å². The molecule has 4 aromatic rings. The Labute approximate surface area is 222 Å². The van der Waals surface area contributed by atoms with Gasteiger partial charge in [0.1, 0.15) is 6.42 Å². The Morgan fingerprint density at radius 2 is 1.58 bits per heavy atom. The lowest BCUT2D eigenvalue weighted by molar-refractivity contribution is -0.142. The molecule has 0 saturated heterocycles. The van der Waals surface area contributed by atoms with Crippen molar-refractivity contribution in [1.29, 1.82) is 5.26 Å². The molecule has 0 spiro atoms. The molecule has 8 nitrogen and oxygen atoms in total. The largest absolute Gasteiger partial charge is 0.465 e. The van der Waals surface area contributed by atoms with Gasteiger partial charge in [0.25, 0.3) is 0 Å². The lowest BCUT2D eigenvalue weighted by Crippen LogP contribution is -2.04. The monoisotopic (exact) mass is 530 g/mol. The molecule has 0 atom stereocenters. The van der Waals surface area contributed by atoms with E-state index in [9.17, 15) is 13.2 Å². The molecular formula is C29H30N4O4S. The third-order valence-electron chi connectivity index (χ3n) is 6.38. The molecule has 9 heteroatoms. The number of azo groups is 1. The summed E-state index contributed by atoms with van der Waals surface area (Å²) >= 11 is 0. The molecular weight excluding hydrogens is 500 g/mol. The molecule has 1 heterocycles. The van der Waals surface area contributed by atoms with Crippen LogP contribution < -0.4 is 0 Å². The van der Waals surface area contributed by atoms with Gasteiger partial charge in [-0.25, -0.2) is 8.42 Å². The van der Waals surface area contributed by atoms with E-state index in [1.54, 1.807) is 37.3 Å². The first-order valence-electron chi connectivity index (χ1n) is 12.7. The first kappa shape index (κ1) is 27.0. The van der Waals surface area contributed by atoms with Crippen LogP contribution in [0.2, 0.25) is 0 Å². The minimum absolute atomic E-state index is 0.0584. The molecule has 0 bridgehead atoms. The van der Waals surface area contributed by atoms with Gasteiger partial charge in [-0.2, -0.15) is 15.5 Å². The molecule has 0 saturated carbocycles. The van der Waals surface area contributed by atoms with E-state index in [-0.39, 0.29) is 17.1 Å². The lowest BCUT2D eigenvalue weighted by Gasteiger charge is -2.08. The van der Waals surface area contributed by atoms with Crippen molar-refractivity contribution in [2.45, 2.75) is 50.5 Å². The summed E-state index contributed by atoms with van der Waals surface area (Å²) in [6.45, 7) is 2.85. The number of ether oxygens (including phenoxy) is 1. The summed E-state index contributed by atoms with van der Waals surface area (Å²) in [6.07, 6.45) is 3.54. The number of rotatable bonds is 12. The topological polar surface area (TPSA) is 114 Å². The van der Waals surface area contributed by atoms with Crippen LogP contribution in [0.1, 0.15) is 39.0 Å². The first-order chi connectivity index (χ1) is 18.4. The number of carbonyl (C=O) groups excluding carboxylic acids is 1. The van der Waals surface area contributed by atoms with E-state index in [0.29, 0.717) is 12.3 Å². The molecule has 0 fully saturated rings. The van der Waals surface area contributed by atoms with Crippen molar-refractivity contribution in [2.24, 2.45) is 10.2 Å². The molecule has 3 aromatic carbocycles. The van der Waals surface area contributed by atoms with Crippen LogP contribution in [0.3, 0.4) is 0 Å². The van der Waals surface area contributed by atoms with E-state index in [0.717, 1.165) is 59.7 Å². The Hall–Kier alpha value is -4.03. The molecule has 0 amide bonds. The number of para-hydroxylation sites is 1. The number of aryl methyl sites for hydroxylation is 1. The second-order valence-corrected chi connectivity index (χ2v) is 11.2. The number of nitrogens with zero attached hydrogens (tertiary/aromatic N) is 4. The third-order valence-corrected chi connectivity index (χ3v) is 8.13. The Bertz CT molecular complexity index is 1600. The van der Waals surface area contributed by atoms with E-state index in [1.165, 1.54) is 0 Å². The predicted molar refractivity (Wildman–Crippen MR) is 147 cm³/mol. The normalized spacial score (nSPS) is 11.8. The average Bonchev–Trinajstić information content (AvgIpc) is 3.24. The summed E-state index contributed by atoms with van der Waals surface area (Å²) in [4.78, 5) is 11.5. The predicted octanol–water partition coefficient (Wildman–Crippen LogP) is 7.02. The van der Waals surface area contributed by atoms with Crippen molar-refractivity contribution < 1.29 is 17.9 Å². The number of nitriles is 1. The number of esters is 1. The van der Waals surface area contributed by atoms with Gasteiger partial charge >= 0.3 is 5.97 Å². The SMILES string of the molecule is CCS(=O)(=O)c1ccc(N=Nc2ccc3c(c2)c2ccccc2n3CCCCCCOC(=O)CC#N)cc1. The highest BCUT2D eigenvalue weighted by Crippen LogP contribution is 2.33. The smallest absolute Gasteiger partial charge is 0.320 e. The van der Waals surface area contributed by atoms with Crippen LogP contribution in [-0.2, 0) is 25.9 Å². The zero-order valence-corrected chi connectivity index (χ0v) is 22.2. The van der Waals surface area contributed by atoms with Gasteiger partial charge in [-0.3, -0.25) is 4.79 Å². The van der Waals surface area contributed by atoms with E-state index < -0.39 is 15.8 Å². The van der Waals surface area contributed by atoms with E-state index in [2.05, 4.69) is 33.0 Å². The van der Waals surface area contributed by atoms with Crippen LogP contribution in [0.4, 0.5) is 11.4 Å². The van der Waals surface area contributed by atoms with E-state index >= 15 is 0 Å². The molecule has 1 aromatic heterocycles. The summed E-state index contributed by atoms with van der Waals surface area (Å²) < 4.78 is 31.4. The number of carbonyl (C=O) groups is 1.